The molecule has 0 saturated carbocycles. The summed E-state index contributed by atoms with van der Waals surface area (Å²) in [6.07, 6.45) is 9.36. The number of amides is 2. The Bertz CT molecular complexity index is 798. The Morgan fingerprint density at radius 3 is 2.73 bits per heavy atom. The van der Waals surface area contributed by atoms with Crippen LogP contribution in [0.25, 0.3) is 0 Å². The van der Waals surface area contributed by atoms with Gasteiger partial charge in [-0.2, -0.15) is 0 Å². The molecule has 138 valence electrons. The summed E-state index contributed by atoms with van der Waals surface area (Å²) in [5, 5.41) is 2.88. The largest absolute Gasteiger partial charge is 0.342 e. The van der Waals surface area contributed by atoms with E-state index in [0.717, 1.165) is 17.7 Å². The van der Waals surface area contributed by atoms with Crippen molar-refractivity contribution in [2.24, 2.45) is 0 Å². The number of aromatic nitrogens is 1. The highest BCUT2D eigenvalue weighted by Crippen LogP contribution is 2.43. The van der Waals surface area contributed by atoms with Crippen LogP contribution in [-0.4, -0.2) is 42.4 Å². The summed E-state index contributed by atoms with van der Waals surface area (Å²) in [7, 11) is -0.928. The number of rotatable bonds is 5. The number of β-lactam (4-membered cyclic amide) rings is 1. The molecule has 0 radical (unpaired) electrons. The number of alkyl halides is 1. The quantitative estimate of drug-likeness (QED) is 0.167. The summed E-state index contributed by atoms with van der Waals surface area (Å²) in [5.41, 5.74) is 0. The molecule has 1 aromatic rings. The first-order valence-electron chi connectivity index (χ1n) is 8.11. The minimum Gasteiger partial charge on any atom is -0.342 e. The van der Waals surface area contributed by atoms with Gasteiger partial charge in [-0.05, 0) is 35.7 Å². The second-order valence-electron chi connectivity index (χ2n) is 5.91. The van der Waals surface area contributed by atoms with Crippen molar-refractivity contribution >= 4 is 63.2 Å². The number of halogens is 2. The van der Waals surface area contributed by atoms with E-state index >= 15 is 0 Å². The minimum atomic E-state index is -0.928. The first-order valence-corrected chi connectivity index (χ1v) is 11.2. The molecule has 2 aliphatic heterocycles. The van der Waals surface area contributed by atoms with E-state index in [4.69, 9.17) is 0 Å². The normalized spacial score (nSPS) is 25.0. The lowest BCUT2D eigenvalue weighted by Gasteiger charge is -2.50. The first-order chi connectivity index (χ1) is 12.5. The summed E-state index contributed by atoms with van der Waals surface area (Å²) >= 11 is 6.14. The fourth-order valence-electron chi connectivity index (χ4n) is 3.10. The van der Waals surface area contributed by atoms with Crippen molar-refractivity contribution in [3.8, 4) is 0 Å². The maximum absolute atomic E-state index is 12.5. The second-order valence-corrected chi connectivity index (χ2v) is 9.58. The molecular formula is C17H18Br2N3O3S+. The average molecular weight is 504 g/mol. The maximum Gasteiger partial charge on any atom is 0.267 e. The van der Waals surface area contributed by atoms with Gasteiger partial charge in [-0.25, -0.2) is 4.57 Å². The highest BCUT2D eigenvalue weighted by molar-refractivity contribution is 9.22. The van der Waals surface area contributed by atoms with Crippen LogP contribution in [0.15, 0.2) is 42.7 Å². The summed E-state index contributed by atoms with van der Waals surface area (Å²) in [4.78, 5) is 37.1. The number of nitrogens with one attached hydrogen (secondary N) is 1. The fraction of sp³-hybridized carbons (Fsp3) is 0.353. The second kappa shape index (κ2) is 8.58. The van der Waals surface area contributed by atoms with Crippen molar-refractivity contribution in [2.45, 2.75) is 31.5 Å². The van der Waals surface area contributed by atoms with Crippen LogP contribution in [0.2, 0.25) is 0 Å². The molecule has 6 nitrogen and oxygen atoms in total. The van der Waals surface area contributed by atoms with Gasteiger partial charge < -0.3 is 5.32 Å². The van der Waals surface area contributed by atoms with E-state index in [1.165, 1.54) is 0 Å². The molecule has 2 aliphatic rings. The molecule has 0 spiro atoms. The Morgan fingerprint density at radius 1 is 1.35 bits per heavy atom. The number of hydrogen-bond acceptors (Lipinski definition) is 3. The van der Waals surface area contributed by atoms with E-state index in [1.54, 1.807) is 4.31 Å². The van der Waals surface area contributed by atoms with Gasteiger partial charge >= 0.3 is 0 Å². The van der Waals surface area contributed by atoms with E-state index in [-0.39, 0.29) is 27.2 Å². The molecule has 1 fully saturated rings. The molecule has 9 heteroatoms. The van der Waals surface area contributed by atoms with Gasteiger partial charge in [-0.15, -0.1) is 0 Å². The monoisotopic (exact) mass is 502 g/mol. The highest BCUT2D eigenvalue weighted by Gasteiger charge is 2.52. The van der Waals surface area contributed by atoms with Gasteiger partial charge in [0.1, 0.15) is 6.04 Å². The van der Waals surface area contributed by atoms with E-state index in [9.17, 15) is 14.4 Å². The molecule has 3 atom stereocenters. The molecule has 0 bridgehead atoms. The number of allylic oxidation sites excluding steroid dienone is 2. The first kappa shape index (κ1) is 19.4. The number of carbonyl (C=O) groups excluding carboxylic acids is 3. The fourth-order valence-corrected chi connectivity index (χ4v) is 6.30. The van der Waals surface area contributed by atoms with Gasteiger partial charge in [0.2, 0.25) is 5.91 Å². The number of carbonyl (C=O) groups is 3. The van der Waals surface area contributed by atoms with Crippen molar-refractivity contribution in [2.75, 3.05) is 5.33 Å². The number of hydrogen-bond donors (Lipinski definition) is 1. The summed E-state index contributed by atoms with van der Waals surface area (Å²) in [6, 6.07) is 5.23. The smallest absolute Gasteiger partial charge is 0.267 e. The van der Waals surface area contributed by atoms with Gasteiger partial charge in [-0.1, -0.05) is 22.0 Å². The zero-order valence-electron chi connectivity index (χ0n) is 13.8. The van der Waals surface area contributed by atoms with Crippen LogP contribution in [0.1, 0.15) is 12.8 Å². The Kier molecular flexibility index (Phi) is 6.42. The molecule has 1 saturated heterocycles. The van der Waals surface area contributed by atoms with Crippen molar-refractivity contribution in [3.63, 3.8) is 0 Å². The highest BCUT2D eigenvalue weighted by atomic mass is 79.9. The van der Waals surface area contributed by atoms with Gasteiger partial charge in [0, 0.05) is 32.9 Å². The molecule has 1 unspecified atom stereocenters. The summed E-state index contributed by atoms with van der Waals surface area (Å²) < 4.78 is 3.44. The molecule has 1 N–H and O–H groups in total. The van der Waals surface area contributed by atoms with Crippen LogP contribution in [-0.2, 0) is 16.1 Å². The Balaban J connectivity index is 1.77. The summed E-state index contributed by atoms with van der Waals surface area (Å²) in [6.45, 7) is 0.694. The van der Waals surface area contributed by atoms with Crippen molar-refractivity contribution in [3.05, 3.63) is 42.7 Å². The third-order valence-corrected chi connectivity index (χ3v) is 7.70. The van der Waals surface area contributed by atoms with Gasteiger partial charge in [0.05, 0.1) is 11.4 Å². The zero-order chi connectivity index (χ0) is 18.7. The van der Waals surface area contributed by atoms with E-state index in [0.29, 0.717) is 6.54 Å². The SMILES string of the molecule is O=C(CBr)N[C@H]1C(=O)N2[C@@H]1CCC(C=CC[n+]1ccccc1)=S2C(=O)Br. The Labute approximate surface area is 170 Å². The molecular weight excluding hydrogens is 486 g/mol. The van der Waals surface area contributed by atoms with Crippen LogP contribution in [0, 0.1) is 0 Å². The van der Waals surface area contributed by atoms with Gasteiger partial charge in [0.15, 0.2) is 18.9 Å². The summed E-state index contributed by atoms with van der Waals surface area (Å²) in [5.74, 6) is -0.411. The standard InChI is InChI=1S/C17H17Br2N3O3S/c18-11-14(23)20-15-13-7-6-12(26(17(19)25)22(13)16(15)24)5-4-10-21-8-2-1-3-9-21/h1-5,8-9,13,15H,6-7,10-11H2/p+1/t13-,15-,26?/m1/s1. The molecule has 3 rings (SSSR count). The number of pyridine rings is 1. The maximum atomic E-state index is 12.5. The van der Waals surface area contributed by atoms with E-state index in [1.807, 2.05) is 47.3 Å². The topological polar surface area (TPSA) is 70.4 Å². The molecule has 3 heterocycles. The zero-order valence-corrected chi connectivity index (χ0v) is 17.8. The van der Waals surface area contributed by atoms with Crippen LogP contribution in [0.3, 0.4) is 0 Å². The third-order valence-electron chi connectivity index (χ3n) is 4.29. The van der Waals surface area contributed by atoms with Gasteiger partial charge in [-0.3, -0.25) is 18.7 Å². The molecule has 0 aliphatic carbocycles. The predicted molar refractivity (Wildman–Crippen MR) is 108 cm³/mol. The lowest BCUT2D eigenvalue weighted by Crippen LogP contribution is -2.70. The lowest BCUT2D eigenvalue weighted by molar-refractivity contribution is -0.687. The lowest BCUT2D eigenvalue weighted by atomic mass is 9.93. The van der Waals surface area contributed by atoms with Crippen molar-refractivity contribution < 1.29 is 19.0 Å². The Hall–Kier alpha value is -1.32. The predicted octanol–water partition coefficient (Wildman–Crippen LogP) is 2.29. The van der Waals surface area contributed by atoms with E-state index < -0.39 is 16.7 Å². The minimum absolute atomic E-state index is 0.115. The van der Waals surface area contributed by atoms with Crippen LogP contribution in [0.4, 0.5) is 4.79 Å². The molecule has 26 heavy (non-hydrogen) atoms. The third kappa shape index (κ3) is 3.99. The van der Waals surface area contributed by atoms with Crippen LogP contribution in [0.5, 0.6) is 0 Å². The van der Waals surface area contributed by atoms with Crippen molar-refractivity contribution in [1.29, 1.82) is 0 Å². The number of nitrogens with zero attached hydrogens (tertiary/aromatic N) is 2. The van der Waals surface area contributed by atoms with Crippen molar-refractivity contribution in [1.82, 2.24) is 9.62 Å². The average Bonchev–Trinajstić information content (AvgIpc) is 2.65. The molecule has 2 amide bonds. The van der Waals surface area contributed by atoms with E-state index in [2.05, 4.69) is 37.2 Å². The Morgan fingerprint density at radius 2 is 2.08 bits per heavy atom. The number of fused-ring (bicyclic) bond motifs is 1. The molecule has 0 aromatic carbocycles. The van der Waals surface area contributed by atoms with Gasteiger partial charge in [0.25, 0.3) is 9.93 Å². The van der Waals surface area contributed by atoms with Crippen LogP contribution >= 0.6 is 42.5 Å². The van der Waals surface area contributed by atoms with Crippen LogP contribution < -0.4 is 9.88 Å². The molecule has 1 aromatic heterocycles.